The largest absolute Gasteiger partial charge is 0.487 e. The third-order valence-corrected chi connectivity index (χ3v) is 18.1. The van der Waals surface area contributed by atoms with Crippen LogP contribution >= 0.6 is 0 Å². The third kappa shape index (κ3) is 14.5. The van der Waals surface area contributed by atoms with Crippen molar-refractivity contribution in [2.24, 2.45) is 10.7 Å². The molecule has 5 heterocycles. The van der Waals surface area contributed by atoms with Crippen molar-refractivity contribution in [2.45, 2.75) is 154 Å². The second kappa shape index (κ2) is 26.9. The molecule has 5 aromatic carbocycles. The molecule has 10 rings (SSSR count). The molecular formula is C68H76N10O13S. The molecule has 23 nitrogen and oxygen atoms in total. The number of aromatic nitrogens is 3. The van der Waals surface area contributed by atoms with Gasteiger partial charge in [-0.05, 0) is 127 Å². The number of H-pyrrole nitrogens is 1. The zero-order valence-electron chi connectivity index (χ0n) is 52.7. The first-order chi connectivity index (χ1) is 43.8. The molecule has 1 fully saturated rings. The number of nitrogens with two attached hydrogens (primary N) is 1. The van der Waals surface area contributed by atoms with Crippen molar-refractivity contribution < 1.29 is 60.9 Å². The van der Waals surface area contributed by atoms with Gasteiger partial charge in [0.15, 0.2) is 0 Å². The molecule has 3 aliphatic rings. The van der Waals surface area contributed by atoms with Crippen molar-refractivity contribution in [3.05, 3.63) is 177 Å². The lowest BCUT2D eigenvalue weighted by Crippen LogP contribution is -2.54. The Labute approximate surface area is 533 Å². The highest BCUT2D eigenvalue weighted by Crippen LogP contribution is 2.44. The minimum Gasteiger partial charge on any atom is -0.487 e. The lowest BCUT2D eigenvalue weighted by atomic mass is 9.94. The summed E-state index contributed by atoms with van der Waals surface area (Å²) < 4.78 is 55.3. The van der Waals surface area contributed by atoms with Gasteiger partial charge < -0.3 is 45.2 Å². The van der Waals surface area contributed by atoms with E-state index in [1.807, 2.05) is 81.4 Å². The Hall–Kier alpha value is -9.84. The molecule has 1 saturated heterocycles. The number of fused-ring (bicyclic) bond motifs is 3. The number of rotatable bonds is 22. The van der Waals surface area contributed by atoms with Crippen LogP contribution in [-0.2, 0) is 75.9 Å². The Kier molecular flexibility index (Phi) is 19.1. The molecule has 24 heteroatoms. The maximum absolute atomic E-state index is 15.3. The summed E-state index contributed by atoms with van der Waals surface area (Å²) in [5.74, 6) is -3.53. The van der Waals surface area contributed by atoms with Crippen LogP contribution in [0, 0.1) is 20.8 Å². The Balaban J connectivity index is 0.900. The first kappa shape index (κ1) is 65.1. The van der Waals surface area contributed by atoms with Gasteiger partial charge in [0.2, 0.25) is 17.8 Å². The number of likely N-dealkylation sites (tertiary alicyclic amines) is 1. The fourth-order valence-corrected chi connectivity index (χ4v) is 13.6. The number of alkyl carbamates (subject to hydrolysis) is 1. The molecule has 0 spiro atoms. The molecule has 0 radical (unpaired) electrons. The van der Waals surface area contributed by atoms with E-state index in [0.29, 0.717) is 69.6 Å². The van der Waals surface area contributed by atoms with Gasteiger partial charge in [-0.1, -0.05) is 91.0 Å². The van der Waals surface area contributed by atoms with Crippen molar-refractivity contribution in [2.75, 3.05) is 13.1 Å². The SMILES string of the molecule is Cc1c(C)c(S(=O)(=O)NC(N)=NCCC[C@H](NC(=O)OCc2ccccc2)C(=O)N[C@@H](Cc2cn(-c3[nH]c4ccccc4c3C[C@@H](C(=O)N3CCC[C@H]3C(=O)OCc3ccccc3)N3C(=O)c4ccccc4C3=O)cn2)C(=O)OC(C)(C)C)c(C)c2c1OC(C)(C)C2. The molecule has 482 valence electrons. The average molecular weight is 1270 g/mol. The smallest absolute Gasteiger partial charge is 0.408 e. The van der Waals surface area contributed by atoms with Crippen molar-refractivity contribution in [1.82, 2.24) is 39.7 Å². The van der Waals surface area contributed by atoms with Crippen molar-refractivity contribution in [1.29, 1.82) is 0 Å². The van der Waals surface area contributed by atoms with Crippen LogP contribution in [-0.4, -0.2) is 129 Å². The Morgan fingerprint density at radius 2 is 1.45 bits per heavy atom. The number of carbonyl (C=O) groups excluding carboxylic acids is 7. The summed E-state index contributed by atoms with van der Waals surface area (Å²) in [4.78, 5) is 115. The van der Waals surface area contributed by atoms with Crippen LogP contribution in [0.4, 0.5) is 4.79 Å². The Morgan fingerprint density at radius 1 is 0.815 bits per heavy atom. The molecule has 6 N–H and O–H groups in total. The maximum atomic E-state index is 15.3. The average Bonchev–Trinajstić information content (AvgIpc) is 1.68. The molecule has 3 aliphatic heterocycles. The minimum absolute atomic E-state index is 0.0169. The lowest BCUT2D eigenvalue weighted by Gasteiger charge is -2.32. The van der Waals surface area contributed by atoms with Gasteiger partial charge in [-0.3, -0.25) is 33.6 Å². The second-order valence-corrected chi connectivity index (χ2v) is 26.5. The fourth-order valence-electron chi connectivity index (χ4n) is 12.1. The van der Waals surface area contributed by atoms with Crippen molar-refractivity contribution >= 4 is 68.5 Å². The fraction of sp³-hybridized carbons (Fsp3) is 0.368. The zero-order chi connectivity index (χ0) is 65.8. The first-order valence-electron chi connectivity index (χ1n) is 30.5. The number of nitrogens with one attached hydrogen (secondary N) is 4. The number of imidazole rings is 1. The van der Waals surface area contributed by atoms with Crippen molar-refractivity contribution in [3.63, 3.8) is 0 Å². The summed E-state index contributed by atoms with van der Waals surface area (Å²) in [7, 11) is -4.24. The van der Waals surface area contributed by atoms with Gasteiger partial charge in [0, 0.05) is 60.6 Å². The Morgan fingerprint density at radius 3 is 2.11 bits per heavy atom. The van der Waals surface area contributed by atoms with Gasteiger partial charge in [-0.2, -0.15) is 0 Å². The minimum atomic E-state index is -4.24. The number of ether oxygens (including phenoxy) is 4. The van der Waals surface area contributed by atoms with Gasteiger partial charge in [0.25, 0.3) is 21.8 Å². The number of esters is 2. The van der Waals surface area contributed by atoms with Crippen LogP contribution < -0.4 is 25.8 Å². The number of aromatic amines is 1. The molecule has 0 aliphatic carbocycles. The highest BCUT2D eigenvalue weighted by atomic mass is 32.2. The lowest BCUT2D eigenvalue weighted by molar-refractivity contribution is -0.158. The topological polar surface area (TPSA) is 305 Å². The van der Waals surface area contributed by atoms with Crippen LogP contribution in [0.25, 0.3) is 16.7 Å². The van der Waals surface area contributed by atoms with Gasteiger partial charge >= 0.3 is 18.0 Å². The van der Waals surface area contributed by atoms with Gasteiger partial charge in [-0.15, -0.1) is 0 Å². The van der Waals surface area contributed by atoms with E-state index in [1.165, 1.54) is 23.4 Å². The van der Waals surface area contributed by atoms with Gasteiger partial charge in [-0.25, -0.2) is 32.5 Å². The van der Waals surface area contributed by atoms with E-state index in [2.05, 4.69) is 30.3 Å². The van der Waals surface area contributed by atoms with Crippen molar-refractivity contribution in [3.8, 4) is 11.6 Å². The number of sulfonamides is 1. The zero-order valence-corrected chi connectivity index (χ0v) is 53.5. The van der Waals surface area contributed by atoms with Gasteiger partial charge in [0.1, 0.15) is 66.5 Å². The van der Waals surface area contributed by atoms with E-state index in [4.69, 9.17) is 24.7 Å². The van der Waals surface area contributed by atoms with E-state index in [-0.39, 0.29) is 73.7 Å². The number of nitrogens with zero attached hydrogens (tertiary/aromatic N) is 5. The molecule has 0 unspecified atom stereocenters. The molecule has 0 bridgehead atoms. The Bertz CT molecular complexity index is 4100. The summed E-state index contributed by atoms with van der Waals surface area (Å²) in [5, 5.41) is 6.05. The van der Waals surface area contributed by atoms with E-state index in [0.717, 1.165) is 16.0 Å². The monoisotopic (exact) mass is 1270 g/mol. The number of hydrogen-bond donors (Lipinski definition) is 5. The molecule has 0 saturated carbocycles. The highest BCUT2D eigenvalue weighted by molar-refractivity contribution is 7.90. The number of hydrogen-bond acceptors (Lipinski definition) is 15. The van der Waals surface area contributed by atoms with Crippen LogP contribution in [0.5, 0.6) is 5.75 Å². The number of aliphatic imine (C=N–C) groups is 1. The van der Waals surface area contributed by atoms with E-state index in [9.17, 15) is 37.2 Å². The maximum Gasteiger partial charge on any atom is 0.408 e. The highest BCUT2D eigenvalue weighted by Gasteiger charge is 2.48. The summed E-state index contributed by atoms with van der Waals surface area (Å²) in [5.41, 5.74) is 10.4. The number of para-hydroxylation sites is 1. The standard InChI is InChI=1S/C68H76N10O13S/c1-40-41(2)57(42(3)50-35-68(7,8)90-56(40)50)92(86,87)75-65(69)70-31-19-29-52(74-66(85)89-38-44-23-13-10-14-24-44)59(79)73-53(63(83)91-67(4,5)6)33-45-36-76(39-71-45)58-49(46-25-17-18-28-51(46)72-58)34-55(78-60(80)47-26-15-16-27-48(47)61(78)81)62(82)77-32-20-30-54(77)64(84)88-37-43-21-11-9-12-22-43/h9-18,21-28,36,39,52-55,72H,19-20,29-35,37-38H2,1-8H3,(H,73,79)(H,74,85)(H3,69,70,75)/t52-,53-,54-,55-/m0/s1. The number of guanidine groups is 1. The predicted octanol–water partition coefficient (Wildman–Crippen LogP) is 7.67. The predicted molar refractivity (Wildman–Crippen MR) is 341 cm³/mol. The molecular weight excluding hydrogens is 1200 g/mol. The van der Waals surface area contributed by atoms with E-state index < -0.39 is 93.0 Å². The molecule has 7 aromatic rings. The summed E-state index contributed by atoms with van der Waals surface area (Å²) in [6.45, 7) is 14.1. The van der Waals surface area contributed by atoms with E-state index >= 15 is 4.79 Å². The first-order valence-corrected chi connectivity index (χ1v) is 32.0. The van der Waals surface area contributed by atoms with Crippen LogP contribution in [0.3, 0.4) is 0 Å². The molecule has 5 amide bonds. The summed E-state index contributed by atoms with van der Waals surface area (Å²) in [6, 6.07) is 26.5. The normalized spacial score (nSPS) is 16.3. The molecule has 4 atom stereocenters. The number of benzene rings is 5. The van der Waals surface area contributed by atoms with Crippen LogP contribution in [0.2, 0.25) is 0 Å². The number of imide groups is 1. The molecule has 2 aromatic heterocycles. The second-order valence-electron chi connectivity index (χ2n) is 24.9. The summed E-state index contributed by atoms with van der Waals surface area (Å²) >= 11 is 0. The third-order valence-electron chi connectivity index (χ3n) is 16.5. The summed E-state index contributed by atoms with van der Waals surface area (Å²) in [6.07, 6.45) is 2.97. The van der Waals surface area contributed by atoms with E-state index in [1.54, 1.807) is 81.8 Å². The van der Waals surface area contributed by atoms with Gasteiger partial charge in [0.05, 0.1) is 21.7 Å². The quantitative estimate of drug-likeness (QED) is 0.0109. The van der Waals surface area contributed by atoms with Crippen LogP contribution in [0.15, 0.2) is 132 Å². The van der Waals surface area contributed by atoms with Crippen LogP contribution in [0.1, 0.15) is 126 Å². The number of amides is 5. The molecule has 92 heavy (non-hydrogen) atoms. The number of carbonyl (C=O) groups is 7.